The predicted molar refractivity (Wildman–Crippen MR) is 75.1 cm³/mol. The van der Waals surface area contributed by atoms with E-state index in [-0.39, 0.29) is 17.8 Å². The minimum absolute atomic E-state index is 0.0643. The van der Waals surface area contributed by atoms with Crippen molar-refractivity contribution in [2.75, 3.05) is 6.54 Å². The Labute approximate surface area is 116 Å². The summed E-state index contributed by atoms with van der Waals surface area (Å²) in [6, 6.07) is 4.28. The van der Waals surface area contributed by atoms with Crippen LogP contribution in [0.25, 0.3) is 0 Å². The van der Waals surface area contributed by atoms with Crippen LogP contribution in [0.4, 0.5) is 4.39 Å². The van der Waals surface area contributed by atoms with Crippen molar-refractivity contribution in [3.05, 3.63) is 34.1 Å². The number of nitrogens with zero attached hydrogens (tertiary/aromatic N) is 1. The second kappa shape index (κ2) is 6.32. The molecule has 1 aromatic rings. The zero-order valence-corrected chi connectivity index (χ0v) is 12.8. The van der Waals surface area contributed by atoms with E-state index in [2.05, 4.69) is 29.8 Å². The lowest BCUT2D eigenvalue weighted by atomic mass is 10.1. The summed E-state index contributed by atoms with van der Waals surface area (Å²) in [6.07, 6.45) is 0. The molecule has 0 saturated carbocycles. The van der Waals surface area contributed by atoms with E-state index < -0.39 is 0 Å². The summed E-state index contributed by atoms with van der Waals surface area (Å²) >= 11 is 3.24. The summed E-state index contributed by atoms with van der Waals surface area (Å²) in [5.74, 6) is -0.0143. The lowest BCUT2D eigenvalue weighted by Crippen LogP contribution is -2.39. The van der Waals surface area contributed by atoms with Crippen molar-refractivity contribution in [3.63, 3.8) is 0 Å². The van der Waals surface area contributed by atoms with E-state index >= 15 is 0 Å². The molecule has 0 aliphatic heterocycles. The van der Waals surface area contributed by atoms with Crippen LogP contribution in [0.15, 0.2) is 22.7 Å². The molecule has 2 nitrogen and oxygen atoms in total. The minimum Gasteiger partial charge on any atom is -0.336 e. The van der Waals surface area contributed by atoms with E-state index in [1.54, 1.807) is 0 Å². The zero-order chi connectivity index (χ0) is 13.9. The second-order valence-electron chi connectivity index (χ2n) is 5.07. The Bertz CT molecular complexity index is 432. The number of carbonyl (C=O) groups excluding carboxylic acids is 1. The number of hydrogen-bond donors (Lipinski definition) is 0. The molecule has 0 heterocycles. The fourth-order valence-corrected chi connectivity index (χ4v) is 2.26. The molecule has 0 fully saturated rings. The lowest BCUT2D eigenvalue weighted by molar-refractivity contribution is 0.0681. The van der Waals surface area contributed by atoms with Gasteiger partial charge >= 0.3 is 0 Å². The molecular weight excluding hydrogens is 297 g/mol. The lowest BCUT2D eigenvalue weighted by Gasteiger charge is -2.29. The van der Waals surface area contributed by atoms with Gasteiger partial charge in [-0.1, -0.05) is 13.8 Å². The van der Waals surface area contributed by atoms with Crippen molar-refractivity contribution in [1.29, 1.82) is 0 Å². The average Bonchev–Trinajstić information content (AvgIpc) is 2.24. The second-order valence-corrected chi connectivity index (χ2v) is 5.92. The number of amides is 1. The normalized spacial score (nSPS) is 11.1. The molecule has 0 aliphatic rings. The molecule has 1 amide bonds. The van der Waals surface area contributed by atoms with E-state index in [1.807, 2.05) is 18.7 Å². The van der Waals surface area contributed by atoms with Crippen molar-refractivity contribution < 1.29 is 9.18 Å². The number of benzene rings is 1. The van der Waals surface area contributed by atoms with E-state index in [0.29, 0.717) is 22.5 Å². The predicted octanol–water partition coefficient (Wildman–Crippen LogP) is 4.09. The quantitative estimate of drug-likeness (QED) is 0.819. The molecular formula is C14H19BrFNO. The number of carbonyl (C=O) groups is 1. The highest BCUT2D eigenvalue weighted by Crippen LogP contribution is 2.21. The van der Waals surface area contributed by atoms with Gasteiger partial charge in [0.15, 0.2) is 0 Å². The van der Waals surface area contributed by atoms with E-state index in [0.717, 1.165) is 0 Å². The van der Waals surface area contributed by atoms with Gasteiger partial charge in [0.2, 0.25) is 0 Å². The van der Waals surface area contributed by atoms with Gasteiger partial charge in [-0.2, -0.15) is 0 Å². The van der Waals surface area contributed by atoms with Crippen molar-refractivity contribution in [3.8, 4) is 0 Å². The van der Waals surface area contributed by atoms with E-state index in [1.165, 1.54) is 18.2 Å². The molecule has 0 N–H and O–H groups in total. The Morgan fingerprint density at radius 1 is 1.33 bits per heavy atom. The zero-order valence-electron chi connectivity index (χ0n) is 11.2. The summed E-state index contributed by atoms with van der Waals surface area (Å²) < 4.78 is 13.5. The van der Waals surface area contributed by atoms with Crippen molar-refractivity contribution in [1.82, 2.24) is 4.90 Å². The van der Waals surface area contributed by atoms with Gasteiger partial charge in [0.25, 0.3) is 5.91 Å². The van der Waals surface area contributed by atoms with Gasteiger partial charge in [0, 0.05) is 17.1 Å². The fourth-order valence-electron chi connectivity index (χ4n) is 1.74. The Balaban J connectivity index is 3.02. The molecule has 100 valence electrons. The number of halogens is 2. The molecule has 1 rings (SSSR count). The highest BCUT2D eigenvalue weighted by molar-refractivity contribution is 9.10. The smallest absolute Gasteiger partial charge is 0.255 e. The van der Waals surface area contributed by atoms with Crippen molar-refractivity contribution >= 4 is 21.8 Å². The Morgan fingerprint density at radius 3 is 2.39 bits per heavy atom. The number of hydrogen-bond acceptors (Lipinski definition) is 1. The summed E-state index contributed by atoms with van der Waals surface area (Å²) in [5.41, 5.74) is 0.505. The Hall–Kier alpha value is -0.900. The first-order valence-electron chi connectivity index (χ1n) is 6.09. The van der Waals surface area contributed by atoms with E-state index in [9.17, 15) is 9.18 Å². The van der Waals surface area contributed by atoms with Crippen molar-refractivity contribution in [2.45, 2.75) is 33.7 Å². The molecule has 1 aromatic carbocycles. The first-order chi connectivity index (χ1) is 8.32. The topological polar surface area (TPSA) is 20.3 Å². The van der Waals surface area contributed by atoms with Gasteiger partial charge in [-0.25, -0.2) is 4.39 Å². The summed E-state index contributed by atoms with van der Waals surface area (Å²) in [4.78, 5) is 14.2. The molecule has 0 spiro atoms. The van der Waals surface area contributed by atoms with Crippen LogP contribution >= 0.6 is 15.9 Å². The average molecular weight is 316 g/mol. The molecule has 0 aromatic heterocycles. The van der Waals surface area contributed by atoms with Crippen LogP contribution in [-0.4, -0.2) is 23.4 Å². The molecule has 0 atom stereocenters. The molecule has 0 aliphatic carbocycles. The van der Waals surface area contributed by atoms with Crippen LogP contribution in [0.2, 0.25) is 0 Å². The fraction of sp³-hybridized carbons (Fsp3) is 0.500. The third-order valence-corrected chi connectivity index (χ3v) is 3.26. The first-order valence-corrected chi connectivity index (χ1v) is 6.88. The van der Waals surface area contributed by atoms with Crippen LogP contribution in [0, 0.1) is 11.7 Å². The maximum absolute atomic E-state index is 13.0. The molecule has 18 heavy (non-hydrogen) atoms. The summed E-state index contributed by atoms with van der Waals surface area (Å²) in [6.45, 7) is 8.81. The van der Waals surface area contributed by atoms with Gasteiger partial charge in [-0.3, -0.25) is 4.79 Å². The maximum Gasteiger partial charge on any atom is 0.255 e. The first kappa shape index (κ1) is 15.2. The Kier molecular flexibility index (Phi) is 5.32. The van der Waals surface area contributed by atoms with Crippen LogP contribution in [0.1, 0.15) is 38.1 Å². The summed E-state index contributed by atoms with van der Waals surface area (Å²) in [5, 5.41) is 0. The highest BCUT2D eigenvalue weighted by atomic mass is 79.9. The molecule has 0 saturated heterocycles. The SMILES string of the molecule is CC(C)CN(C(=O)c1ccc(F)cc1Br)C(C)C. The highest BCUT2D eigenvalue weighted by Gasteiger charge is 2.21. The van der Waals surface area contributed by atoms with Gasteiger partial charge in [0.1, 0.15) is 5.82 Å². The molecule has 4 heteroatoms. The third-order valence-electron chi connectivity index (χ3n) is 2.61. The molecule has 0 bridgehead atoms. The minimum atomic E-state index is -0.349. The standard InChI is InChI=1S/C14H19BrFNO/c1-9(2)8-17(10(3)4)14(18)12-6-5-11(16)7-13(12)15/h5-7,9-10H,8H2,1-4H3. The van der Waals surface area contributed by atoms with Gasteiger partial charge in [-0.05, 0) is 53.9 Å². The van der Waals surface area contributed by atoms with Crippen molar-refractivity contribution in [2.24, 2.45) is 5.92 Å². The van der Waals surface area contributed by atoms with Gasteiger partial charge < -0.3 is 4.90 Å². The van der Waals surface area contributed by atoms with Crippen LogP contribution in [-0.2, 0) is 0 Å². The van der Waals surface area contributed by atoms with Crippen LogP contribution in [0.3, 0.4) is 0 Å². The molecule has 0 unspecified atom stereocenters. The van der Waals surface area contributed by atoms with Crippen LogP contribution < -0.4 is 0 Å². The van der Waals surface area contributed by atoms with Gasteiger partial charge in [0.05, 0.1) is 5.56 Å². The maximum atomic E-state index is 13.0. The summed E-state index contributed by atoms with van der Waals surface area (Å²) in [7, 11) is 0. The molecule has 0 radical (unpaired) electrons. The van der Waals surface area contributed by atoms with E-state index in [4.69, 9.17) is 0 Å². The monoisotopic (exact) mass is 315 g/mol. The van der Waals surface area contributed by atoms with Crippen LogP contribution in [0.5, 0.6) is 0 Å². The third kappa shape index (κ3) is 3.80. The van der Waals surface area contributed by atoms with Gasteiger partial charge in [-0.15, -0.1) is 0 Å². The number of rotatable bonds is 4. The Morgan fingerprint density at radius 2 is 1.94 bits per heavy atom. The largest absolute Gasteiger partial charge is 0.336 e.